The zero-order valence-corrected chi connectivity index (χ0v) is 17.4. The van der Waals surface area contributed by atoms with E-state index in [9.17, 15) is 9.18 Å². The molecule has 7 nitrogen and oxygen atoms in total. The first kappa shape index (κ1) is 19.8. The van der Waals surface area contributed by atoms with Gasteiger partial charge in [0.15, 0.2) is 6.61 Å². The highest BCUT2D eigenvalue weighted by Gasteiger charge is 2.71. The molecule has 1 amide bonds. The molecule has 0 spiro atoms. The van der Waals surface area contributed by atoms with Crippen molar-refractivity contribution in [2.24, 2.45) is 0 Å². The molecular formula is C22H19ClFN3O4. The highest BCUT2D eigenvalue weighted by Crippen LogP contribution is 2.67. The maximum absolute atomic E-state index is 13.4. The van der Waals surface area contributed by atoms with E-state index < -0.39 is 5.82 Å². The van der Waals surface area contributed by atoms with Crippen LogP contribution in [0.5, 0.6) is 17.6 Å². The lowest BCUT2D eigenvalue weighted by Gasteiger charge is -2.68. The summed E-state index contributed by atoms with van der Waals surface area (Å²) in [4.78, 5) is 12.2. The fourth-order valence-electron chi connectivity index (χ4n) is 4.37. The molecule has 9 heteroatoms. The quantitative estimate of drug-likeness (QED) is 0.584. The topological polar surface area (TPSA) is 86.5 Å². The number of hydrogen-bond donors (Lipinski definition) is 1. The van der Waals surface area contributed by atoms with Crippen LogP contribution in [-0.4, -0.2) is 28.3 Å². The number of rotatable bonds is 7. The summed E-state index contributed by atoms with van der Waals surface area (Å²) in [6.45, 7) is 1.79. The molecule has 31 heavy (non-hydrogen) atoms. The number of amides is 1. The van der Waals surface area contributed by atoms with Crippen molar-refractivity contribution in [3.05, 3.63) is 64.8 Å². The molecule has 0 radical (unpaired) electrons. The standard InChI is InChI=1S/C22H19ClFN3O4/c1-13-2-4-14(5-3-13)30-20-27-26-19(31-20)21-10-22(11-21,12-21)25-18(28)9-29-15-6-7-16(23)17(24)8-15/h2-8H,9-12H2,1H3,(H,25,28). The summed E-state index contributed by atoms with van der Waals surface area (Å²) in [7, 11) is 0. The van der Waals surface area contributed by atoms with Gasteiger partial charge in [-0.3, -0.25) is 4.79 Å². The SMILES string of the molecule is Cc1ccc(Oc2nnc(C34CC(NC(=O)COc5ccc(Cl)c(F)c5)(C3)C4)o2)cc1. The zero-order valence-electron chi connectivity index (χ0n) is 16.7. The molecule has 3 fully saturated rings. The van der Waals surface area contributed by atoms with Gasteiger partial charge in [0, 0.05) is 11.6 Å². The van der Waals surface area contributed by atoms with Gasteiger partial charge in [0.1, 0.15) is 17.3 Å². The zero-order chi connectivity index (χ0) is 21.6. The lowest BCUT2D eigenvalue weighted by atomic mass is 9.39. The van der Waals surface area contributed by atoms with Gasteiger partial charge in [-0.25, -0.2) is 4.39 Å². The van der Waals surface area contributed by atoms with E-state index in [0.717, 1.165) is 11.6 Å². The second-order valence-electron chi connectivity index (χ2n) is 8.29. The number of carbonyl (C=O) groups is 1. The maximum Gasteiger partial charge on any atom is 0.420 e. The third-order valence-electron chi connectivity index (χ3n) is 5.78. The number of hydrogen-bond acceptors (Lipinski definition) is 6. The Morgan fingerprint density at radius 2 is 1.87 bits per heavy atom. The molecule has 160 valence electrons. The fourth-order valence-corrected chi connectivity index (χ4v) is 4.48. The molecule has 3 saturated carbocycles. The number of benzene rings is 2. The predicted octanol–water partition coefficient (Wildman–Crippen LogP) is 4.33. The molecule has 2 bridgehead atoms. The van der Waals surface area contributed by atoms with Crippen LogP contribution in [0.4, 0.5) is 4.39 Å². The summed E-state index contributed by atoms with van der Waals surface area (Å²) in [5, 5.41) is 11.1. The van der Waals surface area contributed by atoms with Crippen molar-refractivity contribution in [2.75, 3.05) is 6.61 Å². The molecule has 6 rings (SSSR count). The van der Waals surface area contributed by atoms with Crippen LogP contribution in [0.1, 0.15) is 30.7 Å². The largest absolute Gasteiger partial charge is 0.484 e. The summed E-state index contributed by atoms with van der Waals surface area (Å²) < 4.78 is 30.1. The van der Waals surface area contributed by atoms with Crippen molar-refractivity contribution in [3.8, 4) is 17.6 Å². The molecule has 1 aromatic heterocycles. The first-order valence-corrected chi connectivity index (χ1v) is 10.2. The van der Waals surface area contributed by atoms with E-state index >= 15 is 0 Å². The van der Waals surface area contributed by atoms with Gasteiger partial charge in [-0.1, -0.05) is 34.4 Å². The van der Waals surface area contributed by atoms with Crippen LogP contribution in [0.25, 0.3) is 0 Å². The van der Waals surface area contributed by atoms with Gasteiger partial charge in [0.25, 0.3) is 5.91 Å². The molecule has 3 aliphatic rings. The lowest BCUT2D eigenvalue weighted by molar-refractivity contribution is -0.143. The normalized spacial score (nSPS) is 23.5. The molecule has 1 N–H and O–H groups in total. The van der Waals surface area contributed by atoms with E-state index in [0.29, 0.717) is 30.9 Å². The monoisotopic (exact) mass is 443 g/mol. The summed E-state index contributed by atoms with van der Waals surface area (Å²) in [5.41, 5.74) is 0.638. The minimum Gasteiger partial charge on any atom is -0.484 e. The Morgan fingerprint density at radius 3 is 2.58 bits per heavy atom. The van der Waals surface area contributed by atoms with Crippen LogP contribution in [0.2, 0.25) is 5.02 Å². The summed E-state index contributed by atoms with van der Waals surface area (Å²) in [6.07, 6.45) is 2.25. The molecule has 0 aliphatic heterocycles. The van der Waals surface area contributed by atoms with Crippen LogP contribution in [0.3, 0.4) is 0 Å². The van der Waals surface area contributed by atoms with Crippen molar-refractivity contribution >= 4 is 17.5 Å². The Hall–Kier alpha value is -3.13. The highest BCUT2D eigenvalue weighted by atomic mass is 35.5. The van der Waals surface area contributed by atoms with E-state index in [-0.39, 0.29) is 40.3 Å². The molecule has 1 heterocycles. The van der Waals surface area contributed by atoms with Gasteiger partial charge in [-0.05, 0) is 50.5 Å². The van der Waals surface area contributed by atoms with Crippen molar-refractivity contribution in [1.82, 2.24) is 15.5 Å². The Bertz CT molecular complexity index is 1130. The average Bonchev–Trinajstić information content (AvgIpc) is 3.14. The molecule has 3 aliphatic carbocycles. The Morgan fingerprint density at radius 1 is 1.16 bits per heavy atom. The first-order valence-electron chi connectivity index (χ1n) is 9.82. The minimum atomic E-state index is -0.591. The van der Waals surface area contributed by atoms with E-state index in [2.05, 4.69) is 15.5 Å². The van der Waals surface area contributed by atoms with Gasteiger partial charge in [-0.2, -0.15) is 0 Å². The third kappa shape index (κ3) is 3.72. The number of nitrogens with zero attached hydrogens (tertiary/aromatic N) is 2. The van der Waals surface area contributed by atoms with Crippen LogP contribution in [-0.2, 0) is 10.2 Å². The molecular weight excluding hydrogens is 425 g/mol. The molecule has 0 atom stereocenters. The van der Waals surface area contributed by atoms with Crippen molar-refractivity contribution in [1.29, 1.82) is 0 Å². The summed E-state index contributed by atoms with van der Waals surface area (Å²) in [5.74, 6) is 0.545. The van der Waals surface area contributed by atoms with Crippen LogP contribution >= 0.6 is 11.6 Å². The number of halogens is 2. The average molecular weight is 444 g/mol. The van der Waals surface area contributed by atoms with Crippen molar-refractivity contribution < 1.29 is 23.1 Å². The van der Waals surface area contributed by atoms with Crippen LogP contribution < -0.4 is 14.8 Å². The van der Waals surface area contributed by atoms with Gasteiger partial charge < -0.3 is 19.2 Å². The first-order chi connectivity index (χ1) is 14.8. The van der Waals surface area contributed by atoms with E-state index in [1.54, 1.807) is 0 Å². The van der Waals surface area contributed by atoms with Gasteiger partial charge in [0.05, 0.1) is 10.4 Å². The van der Waals surface area contributed by atoms with Gasteiger partial charge in [0.2, 0.25) is 5.89 Å². The Kier molecular flexibility index (Phi) is 4.62. The summed E-state index contributed by atoms with van der Waals surface area (Å²) in [6, 6.07) is 11.6. The fraction of sp³-hybridized carbons (Fsp3) is 0.318. The van der Waals surface area contributed by atoms with E-state index in [4.69, 9.17) is 25.5 Å². The van der Waals surface area contributed by atoms with Crippen LogP contribution in [0.15, 0.2) is 46.9 Å². The number of aromatic nitrogens is 2. The smallest absolute Gasteiger partial charge is 0.420 e. The second-order valence-corrected chi connectivity index (χ2v) is 8.70. The second kappa shape index (κ2) is 7.23. The van der Waals surface area contributed by atoms with E-state index in [1.807, 2.05) is 31.2 Å². The highest BCUT2D eigenvalue weighted by molar-refractivity contribution is 6.30. The Labute approximate surface area is 182 Å². The maximum atomic E-state index is 13.4. The third-order valence-corrected chi connectivity index (χ3v) is 6.09. The molecule has 2 aromatic carbocycles. The minimum absolute atomic E-state index is 0.00409. The molecule has 0 saturated heterocycles. The molecule has 0 unspecified atom stereocenters. The number of aryl methyl sites for hydroxylation is 1. The van der Waals surface area contributed by atoms with Gasteiger partial charge >= 0.3 is 6.08 Å². The molecule has 3 aromatic rings. The van der Waals surface area contributed by atoms with Crippen molar-refractivity contribution in [2.45, 2.75) is 37.1 Å². The Balaban J connectivity index is 1.12. The number of ether oxygens (including phenoxy) is 2. The number of carbonyl (C=O) groups excluding carboxylic acids is 1. The predicted molar refractivity (Wildman–Crippen MR) is 109 cm³/mol. The van der Waals surface area contributed by atoms with Crippen molar-refractivity contribution in [3.63, 3.8) is 0 Å². The summed E-state index contributed by atoms with van der Waals surface area (Å²) >= 11 is 5.64. The number of nitrogens with one attached hydrogen (secondary N) is 1. The van der Waals surface area contributed by atoms with Crippen LogP contribution in [0, 0.1) is 12.7 Å². The van der Waals surface area contributed by atoms with E-state index in [1.165, 1.54) is 12.1 Å². The lowest BCUT2D eigenvalue weighted by Crippen LogP contribution is -2.77. The van der Waals surface area contributed by atoms with Gasteiger partial charge in [-0.15, -0.1) is 5.10 Å².